The maximum Gasteiger partial charge on any atom is 0.407 e. The van der Waals surface area contributed by atoms with Crippen LogP contribution in [0.4, 0.5) is 20.4 Å². The Balaban J connectivity index is 1.69. The van der Waals surface area contributed by atoms with Gasteiger partial charge in [0.2, 0.25) is 11.8 Å². The number of carbonyl (C=O) groups is 4. The molecule has 1 aliphatic heterocycles. The van der Waals surface area contributed by atoms with E-state index in [9.17, 15) is 19.2 Å². The van der Waals surface area contributed by atoms with Crippen LogP contribution in [0, 0.1) is 0 Å². The summed E-state index contributed by atoms with van der Waals surface area (Å²) < 4.78 is 0. The van der Waals surface area contributed by atoms with Gasteiger partial charge in [-0.3, -0.25) is 25.1 Å². The zero-order chi connectivity index (χ0) is 27.8. The molecule has 206 valence electrons. The molecule has 1 fully saturated rings. The van der Waals surface area contributed by atoms with Gasteiger partial charge in [0.25, 0.3) is 0 Å². The van der Waals surface area contributed by atoms with Crippen LogP contribution >= 0.6 is 11.3 Å². The van der Waals surface area contributed by atoms with E-state index in [2.05, 4.69) is 20.5 Å². The summed E-state index contributed by atoms with van der Waals surface area (Å²) in [5.41, 5.74) is 2.38. The Kier molecular flexibility index (Phi) is 9.85. The van der Waals surface area contributed by atoms with E-state index >= 15 is 0 Å². The third-order valence-electron chi connectivity index (χ3n) is 5.95. The van der Waals surface area contributed by atoms with Gasteiger partial charge in [-0.05, 0) is 49.9 Å². The van der Waals surface area contributed by atoms with E-state index in [4.69, 9.17) is 10.2 Å². The summed E-state index contributed by atoms with van der Waals surface area (Å²) in [6, 6.07) is 6.99. The smallest absolute Gasteiger partial charge is 0.407 e. The van der Waals surface area contributed by atoms with Crippen LogP contribution in [-0.4, -0.2) is 82.0 Å². The van der Waals surface area contributed by atoms with Crippen molar-refractivity contribution in [2.45, 2.75) is 51.5 Å². The van der Waals surface area contributed by atoms with Crippen LogP contribution in [0.15, 0.2) is 24.3 Å². The molecule has 1 aliphatic rings. The van der Waals surface area contributed by atoms with Crippen LogP contribution < -0.4 is 21.3 Å². The molecule has 2 aromatic rings. The normalized spacial score (nSPS) is 15.2. The average molecular weight is 548 g/mol. The maximum absolute atomic E-state index is 12.6. The summed E-state index contributed by atoms with van der Waals surface area (Å²) in [6.07, 6.45) is -0.942. The van der Waals surface area contributed by atoms with E-state index in [0.717, 1.165) is 35.5 Å². The van der Waals surface area contributed by atoms with E-state index in [0.29, 0.717) is 30.2 Å². The van der Waals surface area contributed by atoms with Crippen molar-refractivity contribution >= 4 is 46.2 Å². The molecule has 0 spiro atoms. The van der Waals surface area contributed by atoms with Crippen molar-refractivity contribution in [3.8, 4) is 0 Å². The molecule has 1 saturated heterocycles. The maximum atomic E-state index is 12.6. The summed E-state index contributed by atoms with van der Waals surface area (Å²) in [6.45, 7) is 2.83. The summed E-state index contributed by atoms with van der Waals surface area (Å²) in [5.74, 6) is -0.112. The number of likely N-dealkylation sites (tertiary alicyclic amines) is 1. The minimum atomic E-state index is -1.38. The number of carbonyl (C=O) groups excluding carboxylic acids is 2. The lowest BCUT2D eigenvalue weighted by Gasteiger charge is -2.25. The van der Waals surface area contributed by atoms with Gasteiger partial charge in [0, 0.05) is 38.1 Å². The molecule has 6 N–H and O–H groups in total. The van der Waals surface area contributed by atoms with Crippen LogP contribution in [0.2, 0.25) is 0 Å². The van der Waals surface area contributed by atoms with Crippen molar-refractivity contribution in [2.75, 3.05) is 31.3 Å². The molecule has 4 amide bonds. The largest absolute Gasteiger partial charge is 0.465 e. The third kappa shape index (κ3) is 8.31. The fourth-order valence-electron chi connectivity index (χ4n) is 4.24. The molecule has 0 radical (unpaired) electrons. The summed E-state index contributed by atoms with van der Waals surface area (Å²) >= 11 is 1.42. The van der Waals surface area contributed by atoms with Crippen molar-refractivity contribution in [1.29, 1.82) is 0 Å². The van der Waals surface area contributed by atoms with Crippen LogP contribution in [0.5, 0.6) is 0 Å². The van der Waals surface area contributed by atoms with Crippen LogP contribution in [-0.2, 0) is 29.0 Å². The molecule has 1 aromatic carbocycles. The minimum absolute atomic E-state index is 0.0868. The number of anilines is 2. The number of thiazole rings is 1. The number of rotatable bonds is 11. The quantitative estimate of drug-likeness (QED) is 0.230. The third-order valence-corrected chi connectivity index (χ3v) is 6.95. The number of benzene rings is 1. The van der Waals surface area contributed by atoms with E-state index in [-0.39, 0.29) is 17.9 Å². The van der Waals surface area contributed by atoms with Crippen LogP contribution in [0.1, 0.15) is 35.9 Å². The average Bonchev–Trinajstić information content (AvgIpc) is 3.43. The lowest BCUT2D eigenvalue weighted by molar-refractivity contribution is -0.133. The predicted octanol–water partition coefficient (Wildman–Crippen LogP) is 2.17. The fourth-order valence-corrected chi connectivity index (χ4v) is 5.32. The summed E-state index contributed by atoms with van der Waals surface area (Å²) in [5, 5.41) is 27.9. The Labute approximate surface area is 224 Å². The van der Waals surface area contributed by atoms with Gasteiger partial charge in [-0.1, -0.05) is 12.1 Å². The summed E-state index contributed by atoms with van der Waals surface area (Å²) in [7, 11) is 3.52. The SMILES string of the molecule is CC(=O)Nc1nc(CCc2ccc(NC(NC(=O)O)NC(=O)O)cc2)c(CN2CCC[C@H]2C(=O)N(C)C)s1. The first-order valence-electron chi connectivity index (χ1n) is 12.1. The van der Waals surface area contributed by atoms with Crippen molar-refractivity contribution in [3.05, 3.63) is 40.4 Å². The molecule has 0 saturated carbocycles. The van der Waals surface area contributed by atoms with E-state index in [1.807, 2.05) is 22.8 Å². The number of carboxylic acid groups (broad SMARTS) is 2. The van der Waals surface area contributed by atoms with Gasteiger partial charge in [-0.2, -0.15) is 0 Å². The molecular formula is C24H33N7O6S. The molecule has 0 unspecified atom stereocenters. The van der Waals surface area contributed by atoms with Gasteiger partial charge in [-0.15, -0.1) is 11.3 Å². The van der Waals surface area contributed by atoms with Crippen molar-refractivity contribution < 1.29 is 29.4 Å². The molecule has 1 atom stereocenters. The first-order valence-corrected chi connectivity index (χ1v) is 12.9. The van der Waals surface area contributed by atoms with E-state index < -0.39 is 18.5 Å². The lowest BCUT2D eigenvalue weighted by Crippen LogP contribution is -2.52. The highest BCUT2D eigenvalue weighted by Crippen LogP contribution is 2.29. The lowest BCUT2D eigenvalue weighted by atomic mass is 10.1. The van der Waals surface area contributed by atoms with Crippen molar-refractivity contribution in [1.82, 2.24) is 25.4 Å². The number of hydrogen-bond acceptors (Lipinski definition) is 8. The fraction of sp³-hybridized carbons (Fsp3) is 0.458. The molecule has 14 heteroatoms. The van der Waals surface area contributed by atoms with Gasteiger partial charge >= 0.3 is 12.2 Å². The topological polar surface area (TPSA) is 176 Å². The van der Waals surface area contributed by atoms with Crippen LogP contribution in [0.3, 0.4) is 0 Å². The highest BCUT2D eigenvalue weighted by molar-refractivity contribution is 7.15. The van der Waals surface area contributed by atoms with E-state index in [1.54, 1.807) is 31.1 Å². The molecule has 0 bridgehead atoms. The highest BCUT2D eigenvalue weighted by atomic mass is 32.1. The Morgan fingerprint density at radius 2 is 1.76 bits per heavy atom. The van der Waals surface area contributed by atoms with Gasteiger partial charge in [0.05, 0.1) is 11.7 Å². The molecule has 1 aromatic heterocycles. The second-order valence-corrected chi connectivity index (χ2v) is 10.2. The van der Waals surface area contributed by atoms with Crippen LogP contribution in [0.25, 0.3) is 0 Å². The number of hydrogen-bond donors (Lipinski definition) is 6. The molecule has 0 aliphatic carbocycles. The highest BCUT2D eigenvalue weighted by Gasteiger charge is 2.32. The number of amides is 4. The zero-order valence-corrected chi connectivity index (χ0v) is 22.3. The number of aromatic nitrogens is 1. The molecule has 13 nitrogen and oxygen atoms in total. The second kappa shape index (κ2) is 13.1. The van der Waals surface area contributed by atoms with Gasteiger partial charge < -0.3 is 25.7 Å². The number of nitrogens with one attached hydrogen (secondary N) is 4. The zero-order valence-electron chi connectivity index (χ0n) is 21.5. The first-order chi connectivity index (χ1) is 18.0. The Morgan fingerprint density at radius 3 is 2.34 bits per heavy atom. The monoisotopic (exact) mass is 547 g/mol. The van der Waals surface area contributed by atoms with Gasteiger partial charge in [-0.25, -0.2) is 14.6 Å². The number of likely N-dealkylation sites (N-methyl/N-ethyl adjacent to an activating group) is 1. The Hall–Kier alpha value is -3.91. The minimum Gasteiger partial charge on any atom is -0.465 e. The number of nitrogens with zero attached hydrogens (tertiary/aromatic N) is 3. The predicted molar refractivity (Wildman–Crippen MR) is 142 cm³/mol. The molecule has 2 heterocycles. The standard InChI is InChI=1S/C24H33N7O6S/c1-14(32)25-22-27-17(19(38-22)13-31-12-4-5-18(31)20(33)30(2)3)11-8-15-6-9-16(10-7-15)26-21(28-23(34)35)29-24(36)37/h6-7,9-10,18,21,26,28-29H,4-5,8,11-13H2,1-3H3,(H,34,35)(H,36,37)(H,25,27,32)/t18-/m0/s1. The van der Waals surface area contributed by atoms with E-state index in [1.165, 1.54) is 18.3 Å². The molecule has 38 heavy (non-hydrogen) atoms. The first kappa shape index (κ1) is 28.7. The molecule has 3 rings (SSSR count). The van der Waals surface area contributed by atoms with Crippen molar-refractivity contribution in [3.63, 3.8) is 0 Å². The summed E-state index contributed by atoms with van der Waals surface area (Å²) in [4.78, 5) is 55.5. The second-order valence-electron chi connectivity index (χ2n) is 9.10. The number of aryl methyl sites for hydroxylation is 2. The van der Waals surface area contributed by atoms with Gasteiger partial charge in [0.15, 0.2) is 11.4 Å². The van der Waals surface area contributed by atoms with Crippen molar-refractivity contribution in [2.24, 2.45) is 0 Å². The Bertz CT molecular complexity index is 1140. The molecular weight excluding hydrogens is 514 g/mol. The van der Waals surface area contributed by atoms with Gasteiger partial charge in [0.1, 0.15) is 0 Å². The Morgan fingerprint density at radius 1 is 1.11 bits per heavy atom.